The molecule has 0 saturated heterocycles. The summed E-state index contributed by atoms with van der Waals surface area (Å²) < 4.78 is 44.1. The van der Waals surface area contributed by atoms with E-state index in [4.69, 9.17) is 4.42 Å². The number of furan rings is 1. The lowest BCUT2D eigenvalue weighted by atomic mass is 10.2. The van der Waals surface area contributed by atoms with Gasteiger partial charge in [0.1, 0.15) is 16.8 Å². The number of benzene rings is 1. The molecule has 0 aliphatic rings. The van der Waals surface area contributed by atoms with Gasteiger partial charge in [0.25, 0.3) is 0 Å². The normalized spacial score (nSPS) is 12.6. The van der Waals surface area contributed by atoms with E-state index in [1.807, 2.05) is 13.8 Å². The van der Waals surface area contributed by atoms with Crippen LogP contribution in [0.4, 0.5) is 4.39 Å². The van der Waals surface area contributed by atoms with Gasteiger partial charge in [0, 0.05) is 13.1 Å². The summed E-state index contributed by atoms with van der Waals surface area (Å²) in [6.45, 7) is 3.70. The topological polar surface area (TPSA) is 105 Å². The predicted octanol–water partition coefficient (Wildman–Crippen LogP) is 1.82. The van der Waals surface area contributed by atoms with Crippen molar-refractivity contribution in [2.24, 2.45) is 5.92 Å². The van der Waals surface area contributed by atoms with Crippen molar-refractivity contribution in [3.05, 3.63) is 54.2 Å². The molecular formula is C18H21FN2O5S. The first-order chi connectivity index (χ1) is 12.7. The van der Waals surface area contributed by atoms with Gasteiger partial charge in [0.05, 0.1) is 11.2 Å². The van der Waals surface area contributed by atoms with Crippen molar-refractivity contribution < 1.29 is 26.8 Å². The van der Waals surface area contributed by atoms with Gasteiger partial charge in [0.2, 0.25) is 0 Å². The van der Waals surface area contributed by atoms with Crippen molar-refractivity contribution in [3.8, 4) is 0 Å². The van der Waals surface area contributed by atoms with E-state index in [0.29, 0.717) is 6.54 Å². The molecular weight excluding hydrogens is 375 g/mol. The number of hydrogen-bond acceptors (Lipinski definition) is 5. The molecule has 0 fully saturated rings. The molecule has 0 radical (unpaired) electrons. The molecule has 1 heterocycles. The van der Waals surface area contributed by atoms with Crippen LogP contribution in [0.1, 0.15) is 24.9 Å². The van der Waals surface area contributed by atoms with E-state index in [1.165, 1.54) is 18.4 Å². The van der Waals surface area contributed by atoms with Crippen LogP contribution in [0.3, 0.4) is 0 Å². The van der Waals surface area contributed by atoms with Gasteiger partial charge in [-0.25, -0.2) is 12.8 Å². The molecule has 2 N–H and O–H groups in total. The third kappa shape index (κ3) is 5.40. The second-order valence-electron chi connectivity index (χ2n) is 6.32. The van der Waals surface area contributed by atoms with Crippen LogP contribution in [0.2, 0.25) is 0 Å². The van der Waals surface area contributed by atoms with Gasteiger partial charge >= 0.3 is 11.8 Å². The van der Waals surface area contributed by atoms with E-state index < -0.39 is 32.7 Å². The second-order valence-corrected chi connectivity index (χ2v) is 8.45. The van der Waals surface area contributed by atoms with E-state index in [1.54, 1.807) is 0 Å². The lowest BCUT2D eigenvalue weighted by Crippen LogP contribution is -2.43. The summed E-state index contributed by atoms with van der Waals surface area (Å²) in [5.41, 5.74) is 0. The van der Waals surface area contributed by atoms with Gasteiger partial charge < -0.3 is 15.1 Å². The quantitative estimate of drug-likeness (QED) is 0.549. The fourth-order valence-corrected chi connectivity index (χ4v) is 3.86. The highest BCUT2D eigenvalue weighted by Gasteiger charge is 2.32. The van der Waals surface area contributed by atoms with Gasteiger partial charge in [-0.15, -0.1) is 0 Å². The maximum Gasteiger partial charge on any atom is 0.309 e. The van der Waals surface area contributed by atoms with Gasteiger partial charge in [-0.1, -0.05) is 13.8 Å². The SMILES string of the molecule is CC(C)CNC(=O)C(=O)NCC(c1ccco1)S(=O)(=O)c1ccc(F)cc1. The maximum atomic E-state index is 13.1. The Balaban J connectivity index is 2.17. The molecule has 0 aliphatic heterocycles. The fourth-order valence-electron chi connectivity index (χ4n) is 2.27. The molecule has 1 aromatic carbocycles. The number of carbonyl (C=O) groups excluding carboxylic acids is 2. The maximum absolute atomic E-state index is 13.1. The first-order valence-electron chi connectivity index (χ1n) is 8.30. The van der Waals surface area contributed by atoms with Crippen LogP contribution in [0.25, 0.3) is 0 Å². The summed E-state index contributed by atoms with van der Waals surface area (Å²) in [7, 11) is -3.99. The van der Waals surface area contributed by atoms with Crippen LogP contribution < -0.4 is 10.6 Å². The smallest absolute Gasteiger partial charge is 0.309 e. The van der Waals surface area contributed by atoms with Gasteiger partial charge in [0.15, 0.2) is 9.84 Å². The second kappa shape index (κ2) is 8.81. The van der Waals surface area contributed by atoms with Crippen LogP contribution in [0.5, 0.6) is 0 Å². The molecule has 7 nitrogen and oxygen atoms in total. The number of nitrogens with one attached hydrogen (secondary N) is 2. The Labute approximate surface area is 156 Å². The molecule has 2 aromatic rings. The first-order valence-corrected chi connectivity index (χ1v) is 9.85. The average Bonchev–Trinajstić information content (AvgIpc) is 3.14. The monoisotopic (exact) mass is 396 g/mol. The third-order valence-corrected chi connectivity index (χ3v) is 5.78. The van der Waals surface area contributed by atoms with Crippen LogP contribution in [0, 0.1) is 11.7 Å². The summed E-state index contributed by atoms with van der Waals surface area (Å²) in [5.74, 6) is -2.10. The Kier molecular flexibility index (Phi) is 6.73. The lowest BCUT2D eigenvalue weighted by Gasteiger charge is -2.16. The average molecular weight is 396 g/mol. The molecule has 9 heteroatoms. The Hall–Kier alpha value is -2.68. The van der Waals surface area contributed by atoms with Crippen LogP contribution >= 0.6 is 0 Å². The number of halogens is 1. The van der Waals surface area contributed by atoms with E-state index in [2.05, 4.69) is 10.6 Å². The molecule has 27 heavy (non-hydrogen) atoms. The molecule has 0 bridgehead atoms. The van der Waals surface area contributed by atoms with Crippen molar-refractivity contribution in [1.29, 1.82) is 0 Å². The summed E-state index contributed by atoms with van der Waals surface area (Å²) in [4.78, 5) is 23.6. The van der Waals surface area contributed by atoms with Crippen molar-refractivity contribution in [2.75, 3.05) is 13.1 Å². The van der Waals surface area contributed by atoms with Crippen molar-refractivity contribution in [3.63, 3.8) is 0 Å². The number of carbonyl (C=O) groups is 2. The van der Waals surface area contributed by atoms with Crippen LogP contribution in [-0.2, 0) is 19.4 Å². The molecule has 0 spiro atoms. The number of amides is 2. The third-order valence-electron chi connectivity index (χ3n) is 3.70. The summed E-state index contributed by atoms with van der Waals surface area (Å²) in [5, 5.41) is 3.51. The summed E-state index contributed by atoms with van der Waals surface area (Å²) in [6.07, 6.45) is 1.31. The van der Waals surface area contributed by atoms with Gasteiger partial charge in [-0.05, 0) is 42.3 Å². The molecule has 2 amide bonds. The zero-order valence-corrected chi connectivity index (χ0v) is 15.8. The molecule has 0 saturated carbocycles. The Bertz CT molecular complexity index is 877. The Morgan fingerprint density at radius 1 is 1.04 bits per heavy atom. The van der Waals surface area contributed by atoms with E-state index in [0.717, 1.165) is 24.3 Å². The molecule has 0 aliphatic carbocycles. The van der Waals surface area contributed by atoms with Crippen LogP contribution in [0.15, 0.2) is 52.0 Å². The minimum atomic E-state index is -3.99. The Morgan fingerprint density at radius 3 is 2.15 bits per heavy atom. The lowest BCUT2D eigenvalue weighted by molar-refractivity contribution is -0.139. The van der Waals surface area contributed by atoms with Crippen LogP contribution in [-0.4, -0.2) is 33.3 Å². The summed E-state index contributed by atoms with van der Waals surface area (Å²) >= 11 is 0. The molecule has 1 unspecified atom stereocenters. The van der Waals surface area contributed by atoms with E-state index >= 15 is 0 Å². The standard InChI is InChI=1S/C18H21FN2O5S/c1-12(2)10-20-17(22)18(23)21-11-16(15-4-3-9-26-15)27(24,25)14-7-5-13(19)6-8-14/h3-9,12,16H,10-11H2,1-2H3,(H,20,22)(H,21,23). The molecule has 1 atom stereocenters. The number of rotatable bonds is 7. The van der Waals surface area contributed by atoms with Crippen molar-refractivity contribution >= 4 is 21.7 Å². The zero-order chi connectivity index (χ0) is 20.0. The van der Waals surface area contributed by atoms with E-state index in [-0.39, 0.29) is 23.1 Å². The molecule has 1 aromatic heterocycles. The minimum absolute atomic E-state index is 0.0993. The highest BCUT2D eigenvalue weighted by Crippen LogP contribution is 2.29. The minimum Gasteiger partial charge on any atom is -0.468 e. The molecule has 146 valence electrons. The zero-order valence-electron chi connectivity index (χ0n) is 14.9. The number of sulfone groups is 1. The highest BCUT2D eigenvalue weighted by molar-refractivity contribution is 7.91. The summed E-state index contributed by atoms with van der Waals surface area (Å²) in [6, 6.07) is 7.31. The predicted molar refractivity (Wildman–Crippen MR) is 95.9 cm³/mol. The highest BCUT2D eigenvalue weighted by atomic mass is 32.2. The van der Waals surface area contributed by atoms with Gasteiger partial charge in [-0.2, -0.15) is 0 Å². The van der Waals surface area contributed by atoms with Crippen molar-refractivity contribution in [1.82, 2.24) is 10.6 Å². The number of hydrogen-bond donors (Lipinski definition) is 2. The largest absolute Gasteiger partial charge is 0.468 e. The van der Waals surface area contributed by atoms with E-state index in [9.17, 15) is 22.4 Å². The van der Waals surface area contributed by atoms with Gasteiger partial charge in [-0.3, -0.25) is 9.59 Å². The Morgan fingerprint density at radius 2 is 1.63 bits per heavy atom. The first kappa shape index (κ1) is 20.6. The van der Waals surface area contributed by atoms with Crippen molar-refractivity contribution in [2.45, 2.75) is 24.0 Å². The fraction of sp³-hybridized carbons (Fsp3) is 0.333. The molecule has 2 rings (SSSR count).